The number of carbonyl (C=O) groups is 1. The predicted octanol–water partition coefficient (Wildman–Crippen LogP) is 2.23. The summed E-state index contributed by atoms with van der Waals surface area (Å²) >= 11 is 0. The second-order valence-corrected chi connectivity index (χ2v) is 4.32. The van der Waals surface area contributed by atoms with Crippen LogP contribution in [0.1, 0.15) is 30.9 Å². The molecule has 0 spiro atoms. The van der Waals surface area contributed by atoms with Gasteiger partial charge >= 0.3 is 5.97 Å². The fraction of sp³-hybridized carbons (Fsp3) is 0.429. The molecule has 2 atom stereocenters. The van der Waals surface area contributed by atoms with Gasteiger partial charge in [-0.15, -0.1) is 0 Å². The minimum Gasteiger partial charge on any atom is -0.492 e. The smallest absolute Gasteiger partial charge is 0.313 e. The van der Waals surface area contributed by atoms with E-state index in [-0.39, 0.29) is 17.8 Å². The summed E-state index contributed by atoms with van der Waals surface area (Å²) in [7, 11) is 0. The molecule has 0 amide bonds. The van der Waals surface area contributed by atoms with Crippen LogP contribution in [-0.2, 0) is 9.53 Å². The Labute approximate surface area is 106 Å². The van der Waals surface area contributed by atoms with Crippen LogP contribution in [0.25, 0.3) is 0 Å². The molecule has 4 heteroatoms. The number of benzene rings is 1. The van der Waals surface area contributed by atoms with E-state index in [0.717, 1.165) is 5.56 Å². The zero-order valence-electron chi connectivity index (χ0n) is 10.5. The van der Waals surface area contributed by atoms with Crippen molar-refractivity contribution in [2.75, 3.05) is 13.2 Å². The molecule has 0 bridgehead atoms. The van der Waals surface area contributed by atoms with Crippen LogP contribution >= 0.6 is 0 Å². The molecule has 2 rings (SSSR count). The molecule has 1 aliphatic rings. The third kappa shape index (κ3) is 2.17. The van der Waals surface area contributed by atoms with Gasteiger partial charge in [0.2, 0.25) is 0 Å². The monoisotopic (exact) mass is 245 g/mol. The molecule has 1 aromatic rings. The third-order valence-electron chi connectivity index (χ3n) is 3.24. The highest BCUT2D eigenvalue weighted by Crippen LogP contribution is 2.37. The van der Waals surface area contributed by atoms with Gasteiger partial charge < -0.3 is 9.47 Å². The number of ether oxygens (including phenoxy) is 2. The highest BCUT2D eigenvalue weighted by atomic mass is 16.5. The Hall–Kier alpha value is -2.02. The summed E-state index contributed by atoms with van der Waals surface area (Å²) < 4.78 is 10.6. The van der Waals surface area contributed by atoms with Crippen molar-refractivity contribution in [3.05, 3.63) is 29.3 Å². The van der Waals surface area contributed by atoms with E-state index in [0.29, 0.717) is 24.5 Å². The molecule has 0 radical (unpaired) electrons. The first-order valence-corrected chi connectivity index (χ1v) is 6.00. The summed E-state index contributed by atoms with van der Waals surface area (Å²) in [6.07, 6.45) is 0. The maximum Gasteiger partial charge on any atom is 0.313 e. The predicted molar refractivity (Wildman–Crippen MR) is 65.2 cm³/mol. The van der Waals surface area contributed by atoms with Crippen LogP contribution in [0.3, 0.4) is 0 Å². The molecule has 18 heavy (non-hydrogen) atoms. The number of nitriles is 1. The van der Waals surface area contributed by atoms with Crippen molar-refractivity contribution in [3.63, 3.8) is 0 Å². The van der Waals surface area contributed by atoms with Gasteiger partial charge in [-0.05, 0) is 24.6 Å². The molecule has 0 unspecified atom stereocenters. The highest BCUT2D eigenvalue weighted by Gasteiger charge is 2.33. The lowest BCUT2D eigenvalue weighted by molar-refractivity contribution is -0.150. The minimum absolute atomic E-state index is 0.0422. The number of hydrogen-bond acceptors (Lipinski definition) is 4. The van der Waals surface area contributed by atoms with E-state index in [2.05, 4.69) is 6.07 Å². The van der Waals surface area contributed by atoms with E-state index < -0.39 is 0 Å². The van der Waals surface area contributed by atoms with Crippen molar-refractivity contribution < 1.29 is 14.3 Å². The van der Waals surface area contributed by atoms with Gasteiger partial charge in [-0.3, -0.25) is 4.79 Å². The molecule has 0 saturated heterocycles. The van der Waals surface area contributed by atoms with Gasteiger partial charge in [-0.2, -0.15) is 5.26 Å². The summed E-state index contributed by atoms with van der Waals surface area (Å²) in [5, 5.41) is 8.84. The van der Waals surface area contributed by atoms with Crippen molar-refractivity contribution >= 4 is 5.97 Å². The molecule has 4 nitrogen and oxygen atoms in total. The Bertz CT molecular complexity index is 504. The summed E-state index contributed by atoms with van der Waals surface area (Å²) in [5.74, 6) is 0.244. The molecule has 0 N–H and O–H groups in total. The van der Waals surface area contributed by atoms with Crippen molar-refractivity contribution in [1.29, 1.82) is 5.26 Å². The Kier molecular flexibility index (Phi) is 3.52. The topological polar surface area (TPSA) is 59.3 Å². The SMILES string of the molecule is CCOC(=O)[C@@H]1COc2cc(C#N)ccc2[C@H]1C. The van der Waals surface area contributed by atoms with Gasteiger partial charge in [0.05, 0.1) is 24.2 Å². The van der Waals surface area contributed by atoms with Gasteiger partial charge in [-0.25, -0.2) is 0 Å². The molecular weight excluding hydrogens is 230 g/mol. The maximum absolute atomic E-state index is 11.8. The summed E-state index contributed by atoms with van der Waals surface area (Å²) in [5.41, 5.74) is 1.52. The Morgan fingerprint density at radius 3 is 3.06 bits per heavy atom. The first-order chi connectivity index (χ1) is 8.67. The van der Waals surface area contributed by atoms with E-state index >= 15 is 0 Å². The second kappa shape index (κ2) is 5.09. The molecule has 1 aromatic carbocycles. The minimum atomic E-state index is -0.273. The molecular formula is C14H15NO3. The number of fused-ring (bicyclic) bond motifs is 1. The summed E-state index contributed by atoms with van der Waals surface area (Å²) in [6, 6.07) is 7.38. The zero-order valence-corrected chi connectivity index (χ0v) is 10.5. The normalized spacial score (nSPS) is 21.4. The molecule has 0 aromatic heterocycles. The first kappa shape index (κ1) is 12.4. The number of carbonyl (C=O) groups excluding carboxylic acids is 1. The third-order valence-corrected chi connectivity index (χ3v) is 3.24. The van der Waals surface area contributed by atoms with Crippen molar-refractivity contribution in [1.82, 2.24) is 0 Å². The molecule has 1 aliphatic heterocycles. The average Bonchev–Trinajstić information content (AvgIpc) is 2.38. The van der Waals surface area contributed by atoms with Crippen molar-refractivity contribution in [2.45, 2.75) is 19.8 Å². The molecule has 0 saturated carbocycles. The zero-order chi connectivity index (χ0) is 13.1. The van der Waals surface area contributed by atoms with Crippen LogP contribution in [0.15, 0.2) is 18.2 Å². The van der Waals surface area contributed by atoms with Crippen LogP contribution in [0, 0.1) is 17.2 Å². The largest absolute Gasteiger partial charge is 0.492 e. The van der Waals surface area contributed by atoms with Crippen molar-refractivity contribution in [2.24, 2.45) is 5.92 Å². The molecule has 0 aliphatic carbocycles. The lowest BCUT2D eigenvalue weighted by Crippen LogP contribution is -2.32. The van der Waals surface area contributed by atoms with E-state index in [4.69, 9.17) is 14.7 Å². The molecule has 94 valence electrons. The van der Waals surface area contributed by atoms with Crippen LogP contribution < -0.4 is 4.74 Å². The van der Waals surface area contributed by atoms with Crippen molar-refractivity contribution in [3.8, 4) is 11.8 Å². The average molecular weight is 245 g/mol. The van der Waals surface area contributed by atoms with Crippen LogP contribution in [0.5, 0.6) is 5.75 Å². The van der Waals surface area contributed by atoms with Crippen LogP contribution in [0.4, 0.5) is 0 Å². The number of rotatable bonds is 2. The fourth-order valence-corrected chi connectivity index (χ4v) is 2.17. The second-order valence-electron chi connectivity index (χ2n) is 4.32. The van der Waals surface area contributed by atoms with Crippen LogP contribution in [-0.4, -0.2) is 19.2 Å². The number of esters is 1. The Morgan fingerprint density at radius 2 is 2.39 bits per heavy atom. The first-order valence-electron chi connectivity index (χ1n) is 6.00. The molecule has 1 heterocycles. The Balaban J connectivity index is 2.26. The Morgan fingerprint density at radius 1 is 1.61 bits per heavy atom. The maximum atomic E-state index is 11.8. The quantitative estimate of drug-likeness (QED) is 0.750. The van der Waals surface area contributed by atoms with Crippen LogP contribution in [0.2, 0.25) is 0 Å². The van der Waals surface area contributed by atoms with Gasteiger partial charge in [-0.1, -0.05) is 13.0 Å². The lowest BCUT2D eigenvalue weighted by Gasteiger charge is -2.29. The fourth-order valence-electron chi connectivity index (χ4n) is 2.17. The van der Waals surface area contributed by atoms with Gasteiger partial charge in [0.25, 0.3) is 0 Å². The van der Waals surface area contributed by atoms with Gasteiger partial charge in [0, 0.05) is 5.92 Å². The van der Waals surface area contributed by atoms with E-state index in [9.17, 15) is 4.79 Å². The standard InChI is InChI=1S/C14H15NO3/c1-3-17-14(16)12-8-18-13-6-10(7-15)4-5-11(13)9(12)2/h4-6,9,12H,3,8H2,1-2H3/t9-,12-/m1/s1. The van der Waals surface area contributed by atoms with E-state index in [1.165, 1.54) is 0 Å². The molecule has 0 fully saturated rings. The number of hydrogen-bond donors (Lipinski definition) is 0. The van der Waals surface area contributed by atoms with E-state index in [1.807, 2.05) is 13.0 Å². The lowest BCUT2D eigenvalue weighted by atomic mass is 9.85. The highest BCUT2D eigenvalue weighted by molar-refractivity contribution is 5.74. The summed E-state index contributed by atoms with van der Waals surface area (Å²) in [6.45, 7) is 4.46. The number of nitrogens with zero attached hydrogens (tertiary/aromatic N) is 1. The summed E-state index contributed by atoms with van der Waals surface area (Å²) in [4.78, 5) is 11.8. The van der Waals surface area contributed by atoms with Gasteiger partial charge in [0.1, 0.15) is 12.4 Å². The van der Waals surface area contributed by atoms with E-state index in [1.54, 1.807) is 19.1 Å². The van der Waals surface area contributed by atoms with Gasteiger partial charge in [0.15, 0.2) is 0 Å².